The summed E-state index contributed by atoms with van der Waals surface area (Å²) in [5.74, 6) is -1.84. The topological polar surface area (TPSA) is 141 Å². The van der Waals surface area contributed by atoms with Crippen molar-refractivity contribution in [1.82, 2.24) is 4.98 Å². The zero-order chi connectivity index (χ0) is 28.3. The van der Waals surface area contributed by atoms with Crippen LogP contribution in [0.4, 0.5) is 24.7 Å². The van der Waals surface area contributed by atoms with Gasteiger partial charge in [-0.1, -0.05) is 18.2 Å². The number of hydrogen-bond donors (Lipinski definition) is 4. The van der Waals surface area contributed by atoms with Crippen LogP contribution in [-0.4, -0.2) is 27.9 Å². The van der Waals surface area contributed by atoms with Crippen LogP contribution in [0.1, 0.15) is 27.7 Å². The van der Waals surface area contributed by atoms with Crippen LogP contribution in [0.3, 0.4) is 0 Å². The Bertz CT molecular complexity index is 1600. The summed E-state index contributed by atoms with van der Waals surface area (Å²) in [6.45, 7) is 1.52. The number of carbonyl (C=O) groups is 2. The average Bonchev–Trinajstić information content (AvgIpc) is 3.43. The zero-order valence-corrected chi connectivity index (χ0v) is 21.0. The Morgan fingerprint density at radius 1 is 1.08 bits per heavy atom. The van der Waals surface area contributed by atoms with Crippen molar-refractivity contribution in [3.63, 3.8) is 0 Å². The number of phenolic OH excluding ortho intramolecular Hbond substituents is 1. The van der Waals surface area contributed by atoms with E-state index in [1.165, 1.54) is 13.0 Å². The van der Waals surface area contributed by atoms with E-state index in [1.807, 2.05) is 6.07 Å². The van der Waals surface area contributed by atoms with Gasteiger partial charge in [0.2, 0.25) is 5.91 Å². The maximum Gasteiger partial charge on any atom is 0.416 e. The summed E-state index contributed by atoms with van der Waals surface area (Å²) in [5, 5.41) is 27.4. The molecule has 4 rings (SSSR count). The highest BCUT2D eigenvalue weighted by Gasteiger charge is 2.31. The van der Waals surface area contributed by atoms with Gasteiger partial charge in [-0.05, 0) is 60.3 Å². The summed E-state index contributed by atoms with van der Waals surface area (Å²) in [6.07, 6.45) is -4.68. The maximum atomic E-state index is 13.2. The van der Waals surface area contributed by atoms with Crippen LogP contribution in [0.15, 0.2) is 66.0 Å². The molecule has 0 aliphatic rings. The van der Waals surface area contributed by atoms with E-state index in [2.05, 4.69) is 15.6 Å². The molecule has 2 amide bonds. The molecule has 0 aliphatic carbocycles. The Kier molecular flexibility index (Phi) is 7.66. The normalized spacial score (nSPS) is 11.9. The van der Waals surface area contributed by atoms with Crippen molar-refractivity contribution in [3.8, 4) is 34.2 Å². The van der Waals surface area contributed by atoms with Crippen LogP contribution in [-0.2, 0) is 11.0 Å². The number of amides is 2. The van der Waals surface area contributed by atoms with Gasteiger partial charge in [0, 0.05) is 16.8 Å². The molecule has 12 heteroatoms. The van der Waals surface area contributed by atoms with Gasteiger partial charge in [-0.2, -0.15) is 18.4 Å². The van der Waals surface area contributed by atoms with Crippen molar-refractivity contribution < 1.29 is 27.9 Å². The molecule has 0 radical (unpaired) electrons. The van der Waals surface area contributed by atoms with Crippen LogP contribution in [0.2, 0.25) is 0 Å². The van der Waals surface area contributed by atoms with E-state index in [-0.39, 0.29) is 28.2 Å². The van der Waals surface area contributed by atoms with E-state index < -0.39 is 35.3 Å². The number of hydrogen-bond acceptors (Lipinski definition) is 7. The van der Waals surface area contributed by atoms with E-state index >= 15 is 0 Å². The number of aromatic nitrogens is 1. The standard InChI is InChI=1S/C27H20F3N5O3S/c1-14(32)25(37)33-17-5-2-4-15(10-17)19-12-21(18-8-7-16(11-22(18)36)27(28,29)30)34-24(20(19)13-31)35-26(38)23-6-3-9-39-23/h2-12,14,36H,32H2,1H3,(H,33,37)(H,34,35,38). The Balaban J connectivity index is 1.89. The van der Waals surface area contributed by atoms with Crippen LogP contribution in [0.25, 0.3) is 22.4 Å². The summed E-state index contributed by atoms with van der Waals surface area (Å²) in [5.41, 5.74) is 5.53. The highest BCUT2D eigenvalue weighted by atomic mass is 32.1. The largest absolute Gasteiger partial charge is 0.507 e. The number of nitrogens with zero attached hydrogens (tertiary/aromatic N) is 2. The van der Waals surface area contributed by atoms with E-state index in [0.717, 1.165) is 23.5 Å². The third-order valence-electron chi connectivity index (χ3n) is 5.56. The summed E-state index contributed by atoms with van der Waals surface area (Å²) >= 11 is 1.16. The maximum absolute atomic E-state index is 13.2. The van der Waals surface area contributed by atoms with Crippen molar-refractivity contribution >= 4 is 34.7 Å². The van der Waals surface area contributed by atoms with Crippen molar-refractivity contribution in [3.05, 3.63) is 82.0 Å². The number of halogens is 3. The average molecular weight is 552 g/mol. The van der Waals surface area contributed by atoms with Crippen LogP contribution in [0, 0.1) is 11.3 Å². The second-order valence-electron chi connectivity index (χ2n) is 8.41. The number of aromatic hydroxyl groups is 1. The van der Waals surface area contributed by atoms with Gasteiger partial charge in [0.25, 0.3) is 5.91 Å². The Hall–Kier alpha value is -4.73. The molecule has 39 heavy (non-hydrogen) atoms. The van der Waals surface area contributed by atoms with Gasteiger partial charge in [-0.15, -0.1) is 11.3 Å². The van der Waals surface area contributed by atoms with E-state index in [4.69, 9.17) is 5.73 Å². The van der Waals surface area contributed by atoms with E-state index in [1.54, 1.807) is 41.8 Å². The number of nitrogens with one attached hydrogen (secondary N) is 2. The second-order valence-corrected chi connectivity index (χ2v) is 9.36. The lowest BCUT2D eigenvalue weighted by atomic mass is 9.97. The summed E-state index contributed by atoms with van der Waals surface area (Å²) in [6, 6.07) is 14.7. The van der Waals surface area contributed by atoms with Crippen LogP contribution >= 0.6 is 11.3 Å². The molecule has 1 unspecified atom stereocenters. The van der Waals surface area contributed by atoms with Crippen molar-refractivity contribution in [2.45, 2.75) is 19.1 Å². The van der Waals surface area contributed by atoms with Gasteiger partial charge in [0.05, 0.1) is 22.2 Å². The predicted octanol–water partition coefficient (Wildman–Crippen LogP) is 5.61. The molecule has 5 N–H and O–H groups in total. The first-order valence-electron chi connectivity index (χ1n) is 11.4. The minimum absolute atomic E-state index is 0.00160. The first-order valence-corrected chi connectivity index (χ1v) is 12.2. The first-order chi connectivity index (χ1) is 18.5. The predicted molar refractivity (Wildman–Crippen MR) is 141 cm³/mol. The molecule has 0 fully saturated rings. The van der Waals surface area contributed by atoms with Crippen LogP contribution < -0.4 is 16.4 Å². The van der Waals surface area contributed by atoms with Gasteiger partial charge in [0.1, 0.15) is 17.4 Å². The smallest absolute Gasteiger partial charge is 0.416 e. The van der Waals surface area contributed by atoms with Gasteiger partial charge in [-0.3, -0.25) is 9.59 Å². The third kappa shape index (κ3) is 6.06. The number of alkyl halides is 3. The number of nitriles is 1. The van der Waals surface area contributed by atoms with Crippen LogP contribution in [0.5, 0.6) is 5.75 Å². The number of rotatable bonds is 6. The molecule has 2 aromatic carbocycles. The lowest BCUT2D eigenvalue weighted by Crippen LogP contribution is -2.32. The quantitative estimate of drug-likeness (QED) is 0.245. The Morgan fingerprint density at radius 2 is 1.85 bits per heavy atom. The summed E-state index contributed by atoms with van der Waals surface area (Å²) < 4.78 is 39.5. The number of phenols is 1. The fourth-order valence-electron chi connectivity index (χ4n) is 3.64. The molecule has 1 atom stereocenters. The Labute approximate surface area is 224 Å². The molecular formula is C27H20F3N5O3S. The molecule has 0 bridgehead atoms. The molecule has 0 saturated carbocycles. The molecule has 8 nitrogen and oxygen atoms in total. The van der Waals surface area contributed by atoms with Crippen molar-refractivity contribution in [2.75, 3.05) is 10.6 Å². The molecule has 0 spiro atoms. The van der Waals surface area contributed by atoms with Gasteiger partial charge < -0.3 is 21.5 Å². The minimum atomic E-state index is -4.68. The SMILES string of the molecule is CC(N)C(=O)Nc1cccc(-c2cc(-c3ccc(C(F)(F)F)cc3O)nc(NC(=O)c3cccs3)c2C#N)c1. The van der Waals surface area contributed by atoms with Gasteiger partial charge >= 0.3 is 6.18 Å². The summed E-state index contributed by atoms with van der Waals surface area (Å²) in [7, 11) is 0. The molecule has 4 aromatic rings. The monoisotopic (exact) mass is 551 g/mol. The third-order valence-corrected chi connectivity index (χ3v) is 6.43. The summed E-state index contributed by atoms with van der Waals surface area (Å²) in [4.78, 5) is 29.6. The van der Waals surface area contributed by atoms with E-state index in [9.17, 15) is 33.1 Å². The minimum Gasteiger partial charge on any atom is -0.507 e. The number of carbonyl (C=O) groups excluding carboxylic acids is 2. The highest BCUT2D eigenvalue weighted by Crippen LogP contribution is 2.39. The van der Waals surface area contributed by atoms with Gasteiger partial charge in [0.15, 0.2) is 5.82 Å². The highest BCUT2D eigenvalue weighted by molar-refractivity contribution is 7.12. The first kappa shape index (κ1) is 27.3. The number of anilines is 2. The molecule has 198 valence electrons. The number of benzene rings is 2. The second kappa shape index (κ2) is 10.9. The molecule has 0 aliphatic heterocycles. The number of thiophene rings is 1. The lowest BCUT2D eigenvalue weighted by molar-refractivity contribution is -0.137. The van der Waals surface area contributed by atoms with Crippen molar-refractivity contribution in [2.24, 2.45) is 5.73 Å². The van der Waals surface area contributed by atoms with E-state index in [0.29, 0.717) is 22.2 Å². The number of nitrogens with two attached hydrogens (primary N) is 1. The fraction of sp³-hybridized carbons (Fsp3) is 0.111. The Morgan fingerprint density at radius 3 is 2.46 bits per heavy atom. The molecule has 2 heterocycles. The molecule has 0 saturated heterocycles. The number of pyridine rings is 1. The zero-order valence-electron chi connectivity index (χ0n) is 20.2. The van der Waals surface area contributed by atoms with Crippen molar-refractivity contribution in [1.29, 1.82) is 5.26 Å². The molecule has 2 aromatic heterocycles. The van der Waals surface area contributed by atoms with Gasteiger partial charge in [-0.25, -0.2) is 4.98 Å². The molecular weight excluding hydrogens is 531 g/mol. The lowest BCUT2D eigenvalue weighted by Gasteiger charge is -2.16. The fourth-order valence-corrected chi connectivity index (χ4v) is 4.26.